The molecule has 1 amide bonds. The van der Waals surface area contributed by atoms with E-state index in [4.69, 9.17) is 16.3 Å². The van der Waals surface area contributed by atoms with Crippen LogP contribution in [0, 0.1) is 5.82 Å². The van der Waals surface area contributed by atoms with E-state index in [9.17, 15) is 17.6 Å². The molecule has 0 bridgehead atoms. The van der Waals surface area contributed by atoms with Crippen LogP contribution < -0.4 is 10.2 Å². The molecule has 1 N–H and O–H groups in total. The number of para-hydroxylation sites is 1. The number of benzene rings is 2. The number of hydrogen-bond donors (Lipinski definition) is 1. The summed E-state index contributed by atoms with van der Waals surface area (Å²) in [6.45, 7) is 6.20. The van der Waals surface area contributed by atoms with Gasteiger partial charge in [0.15, 0.2) is 0 Å². The van der Waals surface area contributed by atoms with Crippen LogP contribution in [0.15, 0.2) is 41.3 Å². The Labute approximate surface area is 186 Å². The van der Waals surface area contributed by atoms with E-state index in [0.29, 0.717) is 42.7 Å². The average Bonchev–Trinajstić information content (AvgIpc) is 2.75. The summed E-state index contributed by atoms with van der Waals surface area (Å²) in [5.41, 5.74) is 0.671. The molecule has 1 fully saturated rings. The number of sulfonamides is 1. The molecule has 2 aromatic rings. The molecule has 1 aliphatic heterocycles. The molecule has 1 saturated heterocycles. The first kappa shape index (κ1) is 23.5. The van der Waals surface area contributed by atoms with Crippen LogP contribution in [0.4, 0.5) is 15.8 Å². The van der Waals surface area contributed by atoms with E-state index in [2.05, 4.69) is 5.32 Å². The topological polar surface area (TPSA) is 79.0 Å². The average molecular weight is 470 g/mol. The van der Waals surface area contributed by atoms with Crippen LogP contribution in [0.3, 0.4) is 0 Å². The van der Waals surface area contributed by atoms with Gasteiger partial charge in [0.25, 0.3) is 5.91 Å². The Morgan fingerprint density at radius 3 is 2.52 bits per heavy atom. The summed E-state index contributed by atoms with van der Waals surface area (Å²) in [4.78, 5) is 14.8. The van der Waals surface area contributed by atoms with Crippen molar-refractivity contribution in [3.8, 4) is 0 Å². The Morgan fingerprint density at radius 1 is 1.19 bits per heavy atom. The van der Waals surface area contributed by atoms with Crippen molar-refractivity contribution in [1.82, 2.24) is 4.31 Å². The first-order chi connectivity index (χ1) is 14.8. The van der Waals surface area contributed by atoms with Crippen molar-refractivity contribution >= 4 is 38.9 Å². The van der Waals surface area contributed by atoms with Gasteiger partial charge in [-0.1, -0.05) is 31.5 Å². The van der Waals surface area contributed by atoms with Crippen molar-refractivity contribution in [2.45, 2.75) is 18.7 Å². The molecule has 168 valence electrons. The van der Waals surface area contributed by atoms with Crippen molar-refractivity contribution in [3.63, 3.8) is 0 Å². The van der Waals surface area contributed by atoms with Crippen LogP contribution in [0.2, 0.25) is 5.02 Å². The lowest BCUT2D eigenvalue weighted by atomic mass is 10.1. The first-order valence-electron chi connectivity index (χ1n) is 10.0. The zero-order chi connectivity index (χ0) is 22.6. The minimum atomic E-state index is -3.84. The molecule has 0 aliphatic carbocycles. The summed E-state index contributed by atoms with van der Waals surface area (Å²) in [7, 11) is -3.84. The predicted octanol–water partition coefficient (Wildman–Crippen LogP) is 3.60. The highest BCUT2D eigenvalue weighted by molar-refractivity contribution is 7.89. The van der Waals surface area contributed by atoms with Gasteiger partial charge >= 0.3 is 0 Å². The molecule has 7 nitrogen and oxygen atoms in total. The fourth-order valence-electron chi connectivity index (χ4n) is 3.47. The van der Waals surface area contributed by atoms with Gasteiger partial charge in [0.05, 0.1) is 40.1 Å². The molecule has 2 aromatic carbocycles. The third kappa shape index (κ3) is 5.01. The van der Waals surface area contributed by atoms with Gasteiger partial charge < -0.3 is 15.0 Å². The maximum absolute atomic E-state index is 14.5. The minimum Gasteiger partial charge on any atom is -0.378 e. The van der Waals surface area contributed by atoms with Crippen LogP contribution in [-0.2, 0) is 14.8 Å². The quantitative estimate of drug-likeness (QED) is 0.670. The van der Waals surface area contributed by atoms with Gasteiger partial charge in [0.1, 0.15) is 5.82 Å². The van der Waals surface area contributed by atoms with Crippen LogP contribution in [-0.4, -0.2) is 58.0 Å². The van der Waals surface area contributed by atoms with Crippen molar-refractivity contribution in [1.29, 1.82) is 0 Å². The smallest absolute Gasteiger partial charge is 0.258 e. The summed E-state index contributed by atoms with van der Waals surface area (Å²) < 4.78 is 46.7. The molecular formula is C21H25ClFN3O4S. The fourth-order valence-corrected chi connectivity index (χ4v) is 5.24. The summed E-state index contributed by atoms with van der Waals surface area (Å²) in [6.07, 6.45) is 0. The van der Waals surface area contributed by atoms with Gasteiger partial charge in [-0.3, -0.25) is 4.79 Å². The summed E-state index contributed by atoms with van der Waals surface area (Å²) in [6, 6.07) is 8.28. The van der Waals surface area contributed by atoms with E-state index in [1.165, 1.54) is 4.31 Å². The zero-order valence-corrected chi connectivity index (χ0v) is 19.0. The highest BCUT2D eigenvalue weighted by Gasteiger charge is 2.25. The summed E-state index contributed by atoms with van der Waals surface area (Å²) in [5, 5.41) is 3.13. The number of anilines is 2. The second kappa shape index (κ2) is 9.95. The molecule has 0 unspecified atom stereocenters. The zero-order valence-electron chi connectivity index (χ0n) is 17.4. The molecule has 0 spiro atoms. The van der Waals surface area contributed by atoms with Crippen molar-refractivity contribution in [2.75, 3.05) is 49.6 Å². The standard InChI is InChI=1S/C21H25ClFN3O4S/c1-3-26(4-2)31(28,29)15-8-9-18(23)16(14-15)21(27)24-19-7-5-6-17(22)20(19)25-10-12-30-13-11-25/h5-9,14H,3-4,10-13H2,1-2H3,(H,24,27). The van der Waals surface area contributed by atoms with Crippen LogP contribution in [0.5, 0.6) is 0 Å². The van der Waals surface area contributed by atoms with E-state index < -0.39 is 21.7 Å². The number of carbonyl (C=O) groups excluding carboxylic acids is 1. The molecular weight excluding hydrogens is 445 g/mol. The van der Waals surface area contributed by atoms with Gasteiger partial charge in [-0.25, -0.2) is 12.8 Å². The predicted molar refractivity (Wildman–Crippen MR) is 119 cm³/mol. The normalized spacial score (nSPS) is 14.7. The Bertz CT molecular complexity index is 1050. The first-order valence-corrected chi connectivity index (χ1v) is 11.8. The third-order valence-electron chi connectivity index (χ3n) is 5.09. The number of ether oxygens (including phenoxy) is 1. The number of nitrogens with zero attached hydrogens (tertiary/aromatic N) is 2. The number of nitrogens with one attached hydrogen (secondary N) is 1. The van der Waals surface area contributed by atoms with Gasteiger partial charge in [0, 0.05) is 26.2 Å². The van der Waals surface area contributed by atoms with Crippen molar-refractivity contribution in [2.24, 2.45) is 0 Å². The van der Waals surface area contributed by atoms with E-state index >= 15 is 0 Å². The van der Waals surface area contributed by atoms with E-state index in [0.717, 1.165) is 18.2 Å². The van der Waals surface area contributed by atoms with Crippen LogP contribution in [0.1, 0.15) is 24.2 Å². The lowest BCUT2D eigenvalue weighted by Gasteiger charge is -2.31. The molecule has 0 saturated carbocycles. The van der Waals surface area contributed by atoms with Crippen molar-refractivity contribution < 1.29 is 22.3 Å². The number of amides is 1. The maximum Gasteiger partial charge on any atom is 0.258 e. The van der Waals surface area contributed by atoms with Gasteiger partial charge in [-0.15, -0.1) is 0 Å². The second-order valence-electron chi connectivity index (χ2n) is 6.92. The van der Waals surface area contributed by atoms with Crippen LogP contribution >= 0.6 is 11.6 Å². The Hall–Kier alpha value is -2.20. The highest BCUT2D eigenvalue weighted by atomic mass is 35.5. The number of rotatable bonds is 7. The van der Waals surface area contributed by atoms with Gasteiger partial charge in [-0.2, -0.15) is 4.31 Å². The lowest BCUT2D eigenvalue weighted by Crippen LogP contribution is -2.37. The molecule has 0 atom stereocenters. The molecule has 10 heteroatoms. The lowest BCUT2D eigenvalue weighted by molar-refractivity contribution is 0.102. The molecule has 31 heavy (non-hydrogen) atoms. The van der Waals surface area contributed by atoms with E-state index in [1.807, 2.05) is 4.90 Å². The Kier molecular flexibility index (Phi) is 7.53. The number of hydrogen-bond acceptors (Lipinski definition) is 5. The molecule has 1 aliphatic rings. The third-order valence-corrected chi connectivity index (χ3v) is 7.44. The number of carbonyl (C=O) groups is 1. The fraction of sp³-hybridized carbons (Fsp3) is 0.381. The van der Waals surface area contributed by atoms with Gasteiger partial charge in [-0.05, 0) is 30.3 Å². The van der Waals surface area contributed by atoms with E-state index in [-0.39, 0.29) is 23.5 Å². The molecule has 0 aromatic heterocycles. The summed E-state index contributed by atoms with van der Waals surface area (Å²) >= 11 is 6.38. The highest BCUT2D eigenvalue weighted by Crippen LogP contribution is 2.35. The molecule has 3 rings (SSSR count). The number of morpholine rings is 1. The molecule has 1 heterocycles. The maximum atomic E-state index is 14.5. The molecule has 0 radical (unpaired) electrons. The Morgan fingerprint density at radius 2 is 1.87 bits per heavy atom. The van der Waals surface area contributed by atoms with E-state index in [1.54, 1.807) is 32.0 Å². The SMILES string of the molecule is CCN(CC)S(=O)(=O)c1ccc(F)c(C(=O)Nc2cccc(Cl)c2N2CCOCC2)c1. The minimum absolute atomic E-state index is 0.137. The second-order valence-corrected chi connectivity index (χ2v) is 9.27. The van der Waals surface area contributed by atoms with Gasteiger partial charge in [0.2, 0.25) is 10.0 Å². The number of halogens is 2. The Balaban J connectivity index is 1.94. The van der Waals surface area contributed by atoms with Crippen LogP contribution in [0.25, 0.3) is 0 Å². The monoisotopic (exact) mass is 469 g/mol. The summed E-state index contributed by atoms with van der Waals surface area (Å²) in [5.74, 6) is -1.57. The largest absolute Gasteiger partial charge is 0.378 e. The van der Waals surface area contributed by atoms with Crippen molar-refractivity contribution in [3.05, 3.63) is 52.8 Å².